The molecule has 0 spiro atoms. The minimum Gasteiger partial charge on any atom is -0.618 e. The molecule has 0 aliphatic carbocycles. The van der Waals surface area contributed by atoms with E-state index in [1.807, 2.05) is 0 Å². The van der Waals surface area contributed by atoms with E-state index in [1.165, 1.54) is 24.4 Å². The van der Waals surface area contributed by atoms with Crippen LogP contribution in [0.15, 0.2) is 48.7 Å². The van der Waals surface area contributed by atoms with Gasteiger partial charge in [0.2, 0.25) is 5.91 Å². The zero-order valence-corrected chi connectivity index (χ0v) is 15.1. The summed E-state index contributed by atoms with van der Waals surface area (Å²) >= 11 is 0. The topological polar surface area (TPSA) is 99.4 Å². The minimum atomic E-state index is -0.866. The van der Waals surface area contributed by atoms with E-state index in [0.29, 0.717) is 22.4 Å². The largest absolute Gasteiger partial charge is 0.618 e. The number of nitrogens with zero attached hydrogens (tertiary/aromatic N) is 1. The van der Waals surface area contributed by atoms with Crippen LogP contribution in [-0.4, -0.2) is 24.3 Å². The molecule has 2 rings (SSSR count). The molecule has 0 bridgehead atoms. The number of unbranched alkanes of at least 4 members (excludes halogenated alkanes) is 2. The highest BCUT2D eigenvalue weighted by Gasteiger charge is 2.18. The Bertz CT molecular complexity index is 802. The molecule has 1 heterocycles. The molecule has 1 aromatic heterocycles. The third-order valence-electron chi connectivity index (χ3n) is 3.87. The fourth-order valence-corrected chi connectivity index (χ4v) is 2.37. The Morgan fingerprint density at radius 1 is 1.07 bits per heavy atom. The monoisotopic (exact) mass is 370 g/mol. The number of carbonyl (C=O) groups is 3. The van der Waals surface area contributed by atoms with Crippen LogP contribution in [0, 0.1) is 5.21 Å². The molecule has 0 radical (unpaired) electrons. The number of pyridine rings is 1. The van der Waals surface area contributed by atoms with Crippen LogP contribution in [-0.2, 0) is 9.53 Å². The molecule has 2 aromatic rings. The van der Waals surface area contributed by atoms with Gasteiger partial charge in [0.15, 0.2) is 18.6 Å². The summed E-state index contributed by atoms with van der Waals surface area (Å²) in [4.78, 5) is 35.7. The van der Waals surface area contributed by atoms with Crippen LogP contribution in [0.4, 0.5) is 5.69 Å². The first kappa shape index (κ1) is 20.1. The number of Topliss-reactive ketones (excluding diaryl/α,β-unsaturated/α-hetero) is 1. The van der Waals surface area contributed by atoms with Crippen LogP contribution < -0.4 is 10.0 Å². The van der Waals surface area contributed by atoms with Crippen LogP contribution in [0.5, 0.6) is 0 Å². The quantitative estimate of drug-likeness (QED) is 0.241. The second kappa shape index (κ2) is 10.1. The second-order valence-electron chi connectivity index (χ2n) is 5.99. The molecule has 7 heteroatoms. The molecule has 0 unspecified atom stereocenters. The van der Waals surface area contributed by atoms with Gasteiger partial charge in [-0.3, -0.25) is 9.59 Å². The number of ketones is 1. The Hall–Kier alpha value is -3.22. The van der Waals surface area contributed by atoms with Gasteiger partial charge in [0, 0.05) is 29.8 Å². The molecule has 0 atom stereocenters. The van der Waals surface area contributed by atoms with Crippen LogP contribution in [0.2, 0.25) is 0 Å². The summed E-state index contributed by atoms with van der Waals surface area (Å²) < 4.78 is 5.28. The van der Waals surface area contributed by atoms with Crippen molar-refractivity contribution in [2.24, 2.45) is 0 Å². The molecule has 1 amide bonds. The van der Waals surface area contributed by atoms with Crippen molar-refractivity contribution in [1.82, 2.24) is 0 Å². The van der Waals surface area contributed by atoms with Crippen LogP contribution in [0.3, 0.4) is 0 Å². The van der Waals surface area contributed by atoms with Gasteiger partial charge in [0.05, 0.1) is 0 Å². The average Bonchev–Trinajstić information content (AvgIpc) is 2.67. The van der Waals surface area contributed by atoms with Crippen molar-refractivity contribution in [3.05, 3.63) is 65.1 Å². The highest BCUT2D eigenvalue weighted by Crippen LogP contribution is 2.12. The SMILES string of the molecule is CCCCCC(=O)Nc1ccc(C(=O)COC(=O)c2cccc[n+]2[O-])cc1. The summed E-state index contributed by atoms with van der Waals surface area (Å²) in [6.45, 7) is 1.60. The first-order chi connectivity index (χ1) is 13.0. The van der Waals surface area contributed by atoms with E-state index in [0.717, 1.165) is 19.3 Å². The summed E-state index contributed by atoms with van der Waals surface area (Å²) in [5, 5.41) is 14.3. The van der Waals surface area contributed by atoms with E-state index in [9.17, 15) is 19.6 Å². The Morgan fingerprint density at radius 2 is 1.81 bits per heavy atom. The fraction of sp³-hybridized carbons (Fsp3) is 0.300. The predicted octanol–water partition coefficient (Wildman–Crippen LogP) is 2.88. The van der Waals surface area contributed by atoms with Gasteiger partial charge in [-0.2, -0.15) is 4.73 Å². The minimum absolute atomic E-state index is 0.0646. The number of carbonyl (C=O) groups excluding carboxylic acids is 3. The number of hydrogen-bond acceptors (Lipinski definition) is 5. The van der Waals surface area contributed by atoms with Crippen molar-refractivity contribution in [3.63, 3.8) is 0 Å². The third-order valence-corrected chi connectivity index (χ3v) is 3.87. The summed E-state index contributed by atoms with van der Waals surface area (Å²) in [6.07, 6.45) is 4.54. The average molecular weight is 370 g/mol. The number of rotatable bonds is 9. The van der Waals surface area contributed by atoms with Gasteiger partial charge in [0.25, 0.3) is 0 Å². The van der Waals surface area contributed by atoms with E-state index in [2.05, 4.69) is 12.2 Å². The smallest absolute Gasteiger partial charge is 0.405 e. The molecule has 1 aromatic carbocycles. The number of nitrogens with one attached hydrogen (secondary N) is 1. The van der Waals surface area contributed by atoms with Gasteiger partial charge in [-0.15, -0.1) is 0 Å². The van der Waals surface area contributed by atoms with Crippen molar-refractivity contribution < 1.29 is 23.9 Å². The van der Waals surface area contributed by atoms with E-state index < -0.39 is 18.4 Å². The van der Waals surface area contributed by atoms with Crippen molar-refractivity contribution >= 4 is 23.3 Å². The molecule has 0 saturated heterocycles. The maximum absolute atomic E-state index is 12.1. The van der Waals surface area contributed by atoms with Crippen molar-refractivity contribution in [2.45, 2.75) is 32.6 Å². The van der Waals surface area contributed by atoms with Crippen LogP contribution >= 0.6 is 0 Å². The van der Waals surface area contributed by atoms with Gasteiger partial charge in [-0.1, -0.05) is 19.8 Å². The number of aromatic nitrogens is 1. The lowest BCUT2D eigenvalue weighted by molar-refractivity contribution is -0.608. The normalized spacial score (nSPS) is 10.3. The van der Waals surface area contributed by atoms with Crippen molar-refractivity contribution in [3.8, 4) is 0 Å². The molecule has 0 aliphatic rings. The zero-order valence-electron chi connectivity index (χ0n) is 15.1. The number of amides is 1. The number of anilines is 1. The Kier molecular flexibility index (Phi) is 7.49. The molecule has 27 heavy (non-hydrogen) atoms. The lowest BCUT2D eigenvalue weighted by Crippen LogP contribution is -2.35. The Morgan fingerprint density at radius 3 is 2.48 bits per heavy atom. The highest BCUT2D eigenvalue weighted by molar-refractivity contribution is 5.99. The summed E-state index contributed by atoms with van der Waals surface area (Å²) in [6, 6.07) is 10.7. The summed E-state index contributed by atoms with van der Waals surface area (Å²) in [5.74, 6) is -1.34. The van der Waals surface area contributed by atoms with Crippen LogP contribution in [0.1, 0.15) is 53.5 Å². The first-order valence-corrected chi connectivity index (χ1v) is 8.79. The summed E-state index contributed by atoms with van der Waals surface area (Å²) in [7, 11) is 0. The van der Waals surface area contributed by atoms with Gasteiger partial charge in [-0.05, 0) is 36.8 Å². The maximum atomic E-state index is 12.1. The fourth-order valence-electron chi connectivity index (χ4n) is 2.37. The molecular formula is C20H22N2O5. The van der Waals surface area contributed by atoms with Crippen molar-refractivity contribution in [1.29, 1.82) is 0 Å². The maximum Gasteiger partial charge on any atom is 0.405 e. The van der Waals surface area contributed by atoms with Gasteiger partial charge >= 0.3 is 11.7 Å². The van der Waals surface area contributed by atoms with E-state index in [4.69, 9.17) is 4.74 Å². The molecule has 0 aliphatic heterocycles. The third kappa shape index (κ3) is 6.22. The van der Waals surface area contributed by atoms with E-state index in [1.54, 1.807) is 24.3 Å². The Labute approximate surface area is 157 Å². The predicted molar refractivity (Wildman–Crippen MR) is 99.2 cm³/mol. The van der Waals surface area contributed by atoms with Crippen LogP contribution in [0.25, 0.3) is 0 Å². The van der Waals surface area contributed by atoms with E-state index >= 15 is 0 Å². The van der Waals surface area contributed by atoms with E-state index in [-0.39, 0.29) is 11.6 Å². The van der Waals surface area contributed by atoms with Crippen molar-refractivity contribution in [2.75, 3.05) is 11.9 Å². The standard InChI is InChI=1S/C20H22N2O5/c1-2-3-4-8-19(24)21-16-11-9-15(10-12-16)18(23)14-27-20(25)17-7-5-6-13-22(17)26/h5-7,9-13H,2-4,8,14H2,1H3,(H,21,24). The number of esters is 1. The molecule has 0 saturated carbocycles. The Balaban J connectivity index is 1.85. The molecule has 7 nitrogen and oxygen atoms in total. The highest BCUT2D eigenvalue weighted by atomic mass is 16.5. The summed E-state index contributed by atoms with van der Waals surface area (Å²) in [5.41, 5.74) is 0.753. The lowest BCUT2D eigenvalue weighted by atomic mass is 10.1. The molecule has 1 N–H and O–H groups in total. The number of benzene rings is 1. The molecule has 142 valence electrons. The number of hydrogen-bond donors (Lipinski definition) is 1. The molecular weight excluding hydrogens is 348 g/mol. The zero-order chi connectivity index (χ0) is 19.6. The first-order valence-electron chi connectivity index (χ1n) is 8.79. The lowest BCUT2D eigenvalue weighted by Gasteiger charge is -2.07. The van der Waals surface area contributed by atoms with Gasteiger partial charge in [0.1, 0.15) is 0 Å². The number of ether oxygens (including phenoxy) is 1. The van der Waals surface area contributed by atoms with Gasteiger partial charge < -0.3 is 15.3 Å². The molecule has 0 fully saturated rings. The van der Waals surface area contributed by atoms with Gasteiger partial charge in [-0.25, -0.2) is 4.79 Å². The second-order valence-corrected chi connectivity index (χ2v) is 5.99.